The topological polar surface area (TPSA) is 127 Å². The molecule has 0 bridgehead atoms. The second-order valence-electron chi connectivity index (χ2n) is 7.71. The number of hydrogen-bond acceptors (Lipinski definition) is 7. The average Bonchev–Trinajstić information content (AvgIpc) is 2.84. The van der Waals surface area contributed by atoms with Crippen LogP contribution in [0.5, 0.6) is 11.5 Å². The van der Waals surface area contributed by atoms with Gasteiger partial charge in [0.2, 0.25) is 0 Å². The van der Waals surface area contributed by atoms with Crippen molar-refractivity contribution in [3.05, 3.63) is 52.5 Å². The van der Waals surface area contributed by atoms with E-state index in [4.69, 9.17) is 14.2 Å². The molecule has 2 aromatic carbocycles. The van der Waals surface area contributed by atoms with Gasteiger partial charge in [0.05, 0.1) is 18.9 Å². The first-order valence-electron chi connectivity index (χ1n) is 11.5. The monoisotopic (exact) mass is 562 g/mol. The fourth-order valence-electron chi connectivity index (χ4n) is 2.76. The van der Waals surface area contributed by atoms with Crippen molar-refractivity contribution in [1.82, 2.24) is 10.7 Å². The van der Waals surface area contributed by atoms with Crippen molar-refractivity contribution in [3.8, 4) is 11.5 Å². The van der Waals surface area contributed by atoms with Gasteiger partial charge in [0.1, 0.15) is 0 Å². The highest BCUT2D eigenvalue weighted by Crippen LogP contribution is 2.28. The second-order valence-corrected chi connectivity index (χ2v) is 8.63. The van der Waals surface area contributed by atoms with Gasteiger partial charge < -0.3 is 24.8 Å². The molecule has 0 fully saturated rings. The molecule has 2 aromatic rings. The molecule has 0 aliphatic carbocycles. The maximum atomic E-state index is 12.2. The highest BCUT2D eigenvalue weighted by atomic mass is 79.9. The fourth-order valence-corrected chi connectivity index (χ4v) is 3.02. The van der Waals surface area contributed by atoms with Gasteiger partial charge in [-0.1, -0.05) is 15.9 Å². The van der Waals surface area contributed by atoms with E-state index >= 15 is 0 Å². The third-order valence-electron chi connectivity index (χ3n) is 4.40. The van der Waals surface area contributed by atoms with Gasteiger partial charge in [0, 0.05) is 23.3 Å². The fraction of sp³-hybridized carbons (Fsp3) is 0.360. The third kappa shape index (κ3) is 10.9. The number of carbonyl (C=O) groups excluding carboxylic acids is 3. The van der Waals surface area contributed by atoms with Crippen LogP contribution in [0.25, 0.3) is 0 Å². The van der Waals surface area contributed by atoms with E-state index < -0.39 is 11.8 Å². The van der Waals surface area contributed by atoms with Crippen molar-refractivity contribution in [2.75, 3.05) is 31.7 Å². The first-order valence-corrected chi connectivity index (χ1v) is 12.3. The lowest BCUT2D eigenvalue weighted by molar-refractivity contribution is -0.139. The molecular weight excluding hydrogens is 532 g/mol. The van der Waals surface area contributed by atoms with Crippen LogP contribution in [0.3, 0.4) is 0 Å². The van der Waals surface area contributed by atoms with E-state index in [1.807, 2.05) is 32.9 Å². The van der Waals surface area contributed by atoms with Crippen molar-refractivity contribution >= 4 is 45.6 Å². The molecule has 3 amide bonds. The summed E-state index contributed by atoms with van der Waals surface area (Å²) in [6, 6.07) is 12.1. The molecule has 0 atom stereocenters. The summed E-state index contributed by atoms with van der Waals surface area (Å²) in [6.07, 6.45) is 2.08. The molecule has 0 spiro atoms. The zero-order valence-corrected chi connectivity index (χ0v) is 22.1. The van der Waals surface area contributed by atoms with Gasteiger partial charge in [-0.15, -0.1) is 0 Å². The first kappa shape index (κ1) is 28.8. The Labute approximate surface area is 218 Å². The number of ether oxygens (including phenoxy) is 3. The molecule has 0 saturated heterocycles. The van der Waals surface area contributed by atoms with Crippen molar-refractivity contribution in [3.63, 3.8) is 0 Å². The summed E-state index contributed by atoms with van der Waals surface area (Å²) in [5.41, 5.74) is 3.43. The number of anilines is 1. The number of benzene rings is 2. The van der Waals surface area contributed by atoms with Crippen LogP contribution in [0.2, 0.25) is 0 Å². The predicted molar refractivity (Wildman–Crippen MR) is 140 cm³/mol. The van der Waals surface area contributed by atoms with E-state index in [0.29, 0.717) is 48.9 Å². The Morgan fingerprint density at radius 2 is 1.78 bits per heavy atom. The van der Waals surface area contributed by atoms with Crippen molar-refractivity contribution in [2.24, 2.45) is 5.10 Å². The Hall–Kier alpha value is -3.44. The number of hydrazone groups is 1. The van der Waals surface area contributed by atoms with E-state index in [1.54, 1.807) is 30.3 Å². The van der Waals surface area contributed by atoms with Crippen molar-refractivity contribution in [2.45, 2.75) is 33.3 Å². The largest absolute Gasteiger partial charge is 0.490 e. The number of halogens is 1. The summed E-state index contributed by atoms with van der Waals surface area (Å²) >= 11 is 3.34. The molecular formula is C25H31BrN4O6. The Bertz CT molecular complexity index is 1040. The zero-order chi connectivity index (χ0) is 26.3. The number of hydrogen-bond donors (Lipinski definition) is 3. The van der Waals surface area contributed by atoms with E-state index in [2.05, 4.69) is 37.1 Å². The molecule has 0 saturated carbocycles. The quantitative estimate of drug-likeness (QED) is 0.149. The van der Waals surface area contributed by atoms with E-state index in [0.717, 1.165) is 4.47 Å². The van der Waals surface area contributed by atoms with E-state index in [9.17, 15) is 14.4 Å². The molecule has 0 aliphatic rings. The van der Waals surface area contributed by atoms with Gasteiger partial charge in [-0.2, -0.15) is 5.10 Å². The second kappa shape index (κ2) is 15.5. The van der Waals surface area contributed by atoms with Crippen LogP contribution in [0.15, 0.2) is 52.0 Å². The molecule has 10 nitrogen and oxygen atoms in total. The average molecular weight is 563 g/mol. The molecule has 0 heterocycles. The molecule has 36 heavy (non-hydrogen) atoms. The van der Waals surface area contributed by atoms with Crippen molar-refractivity contribution in [1.29, 1.82) is 0 Å². The van der Waals surface area contributed by atoms with Crippen LogP contribution >= 0.6 is 15.9 Å². The van der Waals surface area contributed by atoms with Crippen LogP contribution in [0, 0.1) is 0 Å². The first-order chi connectivity index (χ1) is 17.3. The van der Waals surface area contributed by atoms with Gasteiger partial charge in [0.25, 0.3) is 5.91 Å². The number of nitrogens with one attached hydrogen (secondary N) is 3. The summed E-state index contributed by atoms with van der Waals surface area (Å²) in [5, 5.41) is 9.06. The minimum Gasteiger partial charge on any atom is -0.490 e. The van der Waals surface area contributed by atoms with E-state index in [-0.39, 0.29) is 18.6 Å². The van der Waals surface area contributed by atoms with Crippen LogP contribution < -0.4 is 25.5 Å². The Kier molecular flexibility index (Phi) is 12.4. The summed E-state index contributed by atoms with van der Waals surface area (Å²) < 4.78 is 17.5. The van der Waals surface area contributed by atoms with Gasteiger partial charge in [0.15, 0.2) is 18.1 Å². The van der Waals surface area contributed by atoms with Crippen LogP contribution in [-0.2, 0) is 19.1 Å². The molecule has 0 radical (unpaired) electrons. The molecule has 0 unspecified atom stereocenters. The molecule has 0 aliphatic heterocycles. The third-order valence-corrected chi connectivity index (χ3v) is 4.93. The molecule has 3 N–H and O–H groups in total. The summed E-state index contributed by atoms with van der Waals surface area (Å²) in [4.78, 5) is 35.9. The maximum Gasteiger partial charge on any atom is 0.329 e. The SMILES string of the molecule is CCOc1cc(/C=N\NC(=O)C(=O)NCCCOC(C)C)ccc1OCC(=O)Nc1ccc(Br)cc1. The lowest BCUT2D eigenvalue weighted by Gasteiger charge is -2.12. The molecule has 11 heteroatoms. The summed E-state index contributed by atoms with van der Waals surface area (Å²) in [5.74, 6) is -1.19. The number of nitrogens with zero attached hydrogens (tertiary/aromatic N) is 1. The van der Waals surface area contributed by atoms with Crippen LogP contribution in [-0.4, -0.2) is 56.4 Å². The minimum absolute atomic E-state index is 0.115. The number of carbonyl (C=O) groups is 3. The molecule has 2 rings (SSSR count). The lowest BCUT2D eigenvalue weighted by atomic mass is 10.2. The smallest absolute Gasteiger partial charge is 0.329 e. The Morgan fingerprint density at radius 3 is 2.47 bits per heavy atom. The van der Waals surface area contributed by atoms with Crippen LogP contribution in [0.1, 0.15) is 32.8 Å². The predicted octanol–water partition coefficient (Wildman–Crippen LogP) is 3.25. The number of rotatable bonds is 13. The Morgan fingerprint density at radius 1 is 1.03 bits per heavy atom. The molecule has 0 aromatic heterocycles. The standard InChI is InChI=1S/C25H31BrN4O6/c1-4-34-22-14-18(15-28-30-25(33)24(32)27-12-5-13-35-17(2)3)6-11-21(22)36-16-23(31)29-20-9-7-19(26)8-10-20/h6-11,14-15,17H,4-5,12-13,16H2,1-3H3,(H,27,32)(H,29,31)(H,30,33)/b28-15-. The molecule has 194 valence electrons. The normalized spacial score (nSPS) is 10.8. The Balaban J connectivity index is 1.85. The van der Waals surface area contributed by atoms with Gasteiger partial charge >= 0.3 is 11.8 Å². The van der Waals surface area contributed by atoms with E-state index in [1.165, 1.54) is 6.21 Å². The highest BCUT2D eigenvalue weighted by Gasteiger charge is 2.12. The lowest BCUT2D eigenvalue weighted by Crippen LogP contribution is -2.38. The summed E-state index contributed by atoms with van der Waals surface area (Å²) in [6.45, 7) is 6.65. The minimum atomic E-state index is -0.877. The zero-order valence-electron chi connectivity index (χ0n) is 20.5. The van der Waals surface area contributed by atoms with Gasteiger partial charge in [-0.05, 0) is 75.2 Å². The van der Waals surface area contributed by atoms with Gasteiger partial charge in [-0.25, -0.2) is 5.43 Å². The van der Waals surface area contributed by atoms with Gasteiger partial charge in [-0.3, -0.25) is 14.4 Å². The van der Waals surface area contributed by atoms with Crippen molar-refractivity contribution < 1.29 is 28.6 Å². The highest BCUT2D eigenvalue weighted by molar-refractivity contribution is 9.10. The summed E-state index contributed by atoms with van der Waals surface area (Å²) in [7, 11) is 0. The maximum absolute atomic E-state index is 12.2. The van der Waals surface area contributed by atoms with Crippen LogP contribution in [0.4, 0.5) is 5.69 Å². The number of amides is 3.